The Morgan fingerprint density at radius 2 is 1.65 bits per heavy atom. The van der Waals surface area contributed by atoms with Gasteiger partial charge in [-0.25, -0.2) is 13.6 Å². The molecule has 0 saturated carbocycles. The molecule has 0 bridgehead atoms. The molecule has 0 heterocycles. The number of nitro groups is 1. The number of carboxylic acids is 1. The van der Waals surface area contributed by atoms with Crippen molar-refractivity contribution in [2.24, 2.45) is 0 Å². The lowest BCUT2D eigenvalue weighted by atomic mass is 10.0. The zero-order valence-electron chi connectivity index (χ0n) is 9.84. The van der Waals surface area contributed by atoms with Crippen molar-refractivity contribution in [2.45, 2.75) is 0 Å². The van der Waals surface area contributed by atoms with Crippen molar-refractivity contribution in [1.82, 2.24) is 0 Å². The van der Waals surface area contributed by atoms with Gasteiger partial charge in [0, 0.05) is 12.1 Å². The Balaban J connectivity index is 2.61. The van der Waals surface area contributed by atoms with Gasteiger partial charge in [0.05, 0.1) is 4.92 Å². The summed E-state index contributed by atoms with van der Waals surface area (Å²) in [7, 11) is 0. The van der Waals surface area contributed by atoms with Gasteiger partial charge in [-0.1, -0.05) is 6.07 Å². The molecular weight excluding hydrogens is 272 g/mol. The number of halogens is 2. The van der Waals surface area contributed by atoms with Crippen LogP contribution >= 0.6 is 0 Å². The average molecular weight is 279 g/mol. The highest BCUT2D eigenvalue weighted by atomic mass is 19.1. The molecule has 2 aromatic carbocycles. The molecule has 0 spiro atoms. The summed E-state index contributed by atoms with van der Waals surface area (Å²) in [5.74, 6) is -3.11. The molecule has 2 aromatic rings. The van der Waals surface area contributed by atoms with Crippen molar-refractivity contribution in [3.05, 3.63) is 63.7 Å². The topological polar surface area (TPSA) is 80.4 Å². The highest BCUT2D eigenvalue weighted by molar-refractivity contribution is 5.93. The second-order valence-corrected chi connectivity index (χ2v) is 3.95. The van der Waals surface area contributed by atoms with Gasteiger partial charge < -0.3 is 5.11 Å². The Morgan fingerprint density at radius 1 is 1.05 bits per heavy atom. The Kier molecular flexibility index (Phi) is 3.43. The molecule has 0 fully saturated rings. The minimum Gasteiger partial charge on any atom is -0.477 e. The number of rotatable bonds is 3. The smallest absolute Gasteiger partial charge is 0.342 e. The fourth-order valence-electron chi connectivity index (χ4n) is 1.76. The zero-order chi connectivity index (χ0) is 14.9. The third kappa shape index (κ3) is 2.61. The molecule has 0 aromatic heterocycles. The Labute approximate surface area is 111 Å². The van der Waals surface area contributed by atoms with Crippen molar-refractivity contribution in [2.75, 3.05) is 0 Å². The van der Waals surface area contributed by atoms with E-state index in [4.69, 9.17) is 5.11 Å². The molecule has 7 heteroatoms. The Bertz CT molecular complexity index is 695. The lowest BCUT2D eigenvalue weighted by Gasteiger charge is -2.04. The molecule has 20 heavy (non-hydrogen) atoms. The monoisotopic (exact) mass is 279 g/mol. The number of hydrogen-bond acceptors (Lipinski definition) is 3. The van der Waals surface area contributed by atoms with Crippen molar-refractivity contribution in [3.63, 3.8) is 0 Å². The third-order valence-corrected chi connectivity index (χ3v) is 2.62. The molecule has 0 aliphatic carbocycles. The second-order valence-electron chi connectivity index (χ2n) is 3.95. The predicted molar refractivity (Wildman–Crippen MR) is 65.4 cm³/mol. The van der Waals surface area contributed by atoms with Crippen LogP contribution in [0.3, 0.4) is 0 Å². The number of hydrogen-bond donors (Lipinski definition) is 1. The van der Waals surface area contributed by atoms with Crippen LogP contribution in [0.1, 0.15) is 10.4 Å². The van der Waals surface area contributed by atoms with Gasteiger partial charge in [0.15, 0.2) is 0 Å². The van der Waals surface area contributed by atoms with Crippen molar-refractivity contribution < 1.29 is 23.6 Å². The Morgan fingerprint density at radius 3 is 2.15 bits per heavy atom. The van der Waals surface area contributed by atoms with Crippen LogP contribution in [-0.2, 0) is 0 Å². The number of nitro benzene ring substituents is 1. The molecule has 0 amide bonds. The average Bonchev–Trinajstić information content (AvgIpc) is 2.36. The van der Waals surface area contributed by atoms with E-state index in [0.717, 1.165) is 24.3 Å². The minimum atomic E-state index is -1.45. The quantitative estimate of drug-likeness (QED) is 0.690. The van der Waals surface area contributed by atoms with E-state index in [0.29, 0.717) is 6.07 Å². The van der Waals surface area contributed by atoms with Gasteiger partial charge in [-0.15, -0.1) is 0 Å². The van der Waals surface area contributed by atoms with Gasteiger partial charge in [0.25, 0.3) is 5.69 Å². The van der Waals surface area contributed by atoms with Gasteiger partial charge in [0.2, 0.25) is 0 Å². The standard InChI is InChI=1S/C13H7F2NO4/c14-9-3-8(4-10(15)6-9)7-1-2-11(13(17)18)12(5-7)16(19)20/h1-6H,(H,17,18). The summed E-state index contributed by atoms with van der Waals surface area (Å²) in [6, 6.07) is 5.93. The summed E-state index contributed by atoms with van der Waals surface area (Å²) in [6.45, 7) is 0. The van der Waals surface area contributed by atoms with E-state index in [1.165, 1.54) is 6.07 Å². The second kappa shape index (κ2) is 5.04. The first-order valence-electron chi connectivity index (χ1n) is 5.36. The highest BCUT2D eigenvalue weighted by Crippen LogP contribution is 2.28. The highest BCUT2D eigenvalue weighted by Gasteiger charge is 2.20. The molecule has 102 valence electrons. The van der Waals surface area contributed by atoms with Gasteiger partial charge in [-0.3, -0.25) is 10.1 Å². The predicted octanol–water partition coefficient (Wildman–Crippen LogP) is 3.24. The Hall–Kier alpha value is -2.83. The van der Waals surface area contributed by atoms with Crippen molar-refractivity contribution in [1.29, 1.82) is 0 Å². The summed E-state index contributed by atoms with van der Waals surface area (Å²) in [4.78, 5) is 20.8. The molecule has 0 radical (unpaired) electrons. The zero-order valence-corrected chi connectivity index (χ0v) is 9.84. The van der Waals surface area contributed by atoms with Gasteiger partial charge >= 0.3 is 5.97 Å². The van der Waals surface area contributed by atoms with Crippen molar-refractivity contribution >= 4 is 11.7 Å². The maximum atomic E-state index is 13.1. The summed E-state index contributed by atoms with van der Waals surface area (Å²) in [5.41, 5.74) is -0.891. The fourth-order valence-corrected chi connectivity index (χ4v) is 1.76. The summed E-state index contributed by atoms with van der Waals surface area (Å²) < 4.78 is 26.2. The number of carboxylic acid groups (broad SMARTS) is 1. The van der Waals surface area contributed by atoms with Crippen LogP contribution in [0.4, 0.5) is 14.5 Å². The number of aromatic carboxylic acids is 1. The van der Waals surface area contributed by atoms with E-state index in [9.17, 15) is 23.7 Å². The number of carbonyl (C=O) groups is 1. The van der Waals surface area contributed by atoms with Crippen LogP contribution in [-0.4, -0.2) is 16.0 Å². The number of nitrogens with zero attached hydrogens (tertiary/aromatic N) is 1. The molecular formula is C13H7F2NO4. The molecule has 0 atom stereocenters. The first-order valence-corrected chi connectivity index (χ1v) is 5.36. The van der Waals surface area contributed by atoms with E-state index in [2.05, 4.69) is 0 Å². The van der Waals surface area contributed by atoms with E-state index in [-0.39, 0.29) is 11.1 Å². The summed E-state index contributed by atoms with van der Waals surface area (Å²) in [5, 5.41) is 19.7. The molecule has 1 N–H and O–H groups in total. The van der Waals surface area contributed by atoms with E-state index < -0.39 is 33.8 Å². The minimum absolute atomic E-state index is 0.0857. The summed E-state index contributed by atoms with van der Waals surface area (Å²) >= 11 is 0. The molecule has 0 unspecified atom stereocenters. The van der Waals surface area contributed by atoms with E-state index in [1.54, 1.807) is 0 Å². The van der Waals surface area contributed by atoms with Crippen molar-refractivity contribution in [3.8, 4) is 11.1 Å². The molecule has 5 nitrogen and oxygen atoms in total. The lowest BCUT2D eigenvalue weighted by molar-refractivity contribution is -0.385. The number of benzene rings is 2. The fraction of sp³-hybridized carbons (Fsp3) is 0. The summed E-state index contributed by atoms with van der Waals surface area (Å²) in [6.07, 6.45) is 0. The largest absolute Gasteiger partial charge is 0.477 e. The van der Waals surface area contributed by atoms with Crippen LogP contribution in [0.25, 0.3) is 11.1 Å². The van der Waals surface area contributed by atoms with Crippen LogP contribution in [0.15, 0.2) is 36.4 Å². The van der Waals surface area contributed by atoms with Gasteiger partial charge in [0.1, 0.15) is 17.2 Å². The van der Waals surface area contributed by atoms with E-state index in [1.807, 2.05) is 0 Å². The maximum absolute atomic E-state index is 13.1. The van der Waals surface area contributed by atoms with Gasteiger partial charge in [-0.2, -0.15) is 0 Å². The first-order chi connectivity index (χ1) is 9.38. The van der Waals surface area contributed by atoms with Gasteiger partial charge in [-0.05, 0) is 29.3 Å². The molecule has 0 aliphatic rings. The van der Waals surface area contributed by atoms with E-state index >= 15 is 0 Å². The molecule has 0 aliphatic heterocycles. The van der Waals surface area contributed by atoms with Crippen LogP contribution < -0.4 is 0 Å². The van der Waals surface area contributed by atoms with Crippen LogP contribution in [0.2, 0.25) is 0 Å². The molecule has 0 saturated heterocycles. The third-order valence-electron chi connectivity index (χ3n) is 2.62. The first kappa shape index (κ1) is 13.6. The maximum Gasteiger partial charge on any atom is 0.342 e. The lowest BCUT2D eigenvalue weighted by Crippen LogP contribution is -2.02. The van der Waals surface area contributed by atoms with Crippen LogP contribution in [0.5, 0.6) is 0 Å². The SMILES string of the molecule is O=C(O)c1ccc(-c2cc(F)cc(F)c2)cc1[N+](=O)[O-]. The molecule has 2 rings (SSSR count). The van der Waals surface area contributed by atoms with Crippen LogP contribution in [0, 0.1) is 21.7 Å². The normalized spacial score (nSPS) is 10.3.